The monoisotopic (exact) mass is 339 g/mol. The Balaban J connectivity index is 1.62. The molecule has 0 aliphatic carbocycles. The van der Waals surface area contributed by atoms with E-state index in [-0.39, 0.29) is 0 Å². The molecular weight excluding hydrogens is 314 g/mol. The van der Waals surface area contributed by atoms with Gasteiger partial charge in [-0.05, 0) is 80.7 Å². The first-order valence-corrected chi connectivity index (χ1v) is 9.03. The van der Waals surface area contributed by atoms with Gasteiger partial charge in [-0.25, -0.2) is 0 Å². The molecular formula is C20H25N3S. The van der Waals surface area contributed by atoms with Gasteiger partial charge in [0, 0.05) is 30.2 Å². The molecule has 0 aromatic heterocycles. The zero-order valence-electron chi connectivity index (χ0n) is 14.4. The summed E-state index contributed by atoms with van der Waals surface area (Å²) in [6.07, 6.45) is 3.95. The molecule has 2 N–H and O–H groups in total. The number of rotatable bonds is 3. The van der Waals surface area contributed by atoms with E-state index < -0.39 is 0 Å². The second-order valence-electron chi connectivity index (χ2n) is 6.44. The summed E-state index contributed by atoms with van der Waals surface area (Å²) in [4.78, 5) is 2.46. The summed E-state index contributed by atoms with van der Waals surface area (Å²) in [5, 5.41) is 7.21. The maximum atomic E-state index is 5.46. The van der Waals surface area contributed by atoms with E-state index in [2.05, 4.69) is 71.8 Å². The molecule has 0 unspecified atom stereocenters. The van der Waals surface area contributed by atoms with Crippen LogP contribution in [0.4, 0.5) is 17.1 Å². The molecule has 0 spiro atoms. The Kier molecular flexibility index (Phi) is 5.36. The van der Waals surface area contributed by atoms with Crippen LogP contribution in [-0.2, 0) is 0 Å². The lowest BCUT2D eigenvalue weighted by Gasteiger charge is -2.28. The average Bonchev–Trinajstić information content (AvgIpc) is 2.60. The highest BCUT2D eigenvalue weighted by molar-refractivity contribution is 7.80. The topological polar surface area (TPSA) is 27.3 Å². The molecule has 1 aliphatic rings. The van der Waals surface area contributed by atoms with E-state index in [1.165, 1.54) is 49.2 Å². The molecule has 1 fully saturated rings. The molecule has 0 saturated carbocycles. The van der Waals surface area contributed by atoms with E-state index in [1.807, 2.05) is 0 Å². The van der Waals surface area contributed by atoms with Crippen molar-refractivity contribution in [1.29, 1.82) is 0 Å². The molecule has 1 aliphatic heterocycles. The molecule has 0 bridgehead atoms. The van der Waals surface area contributed by atoms with Gasteiger partial charge in [0.2, 0.25) is 0 Å². The SMILES string of the molecule is Cc1cccc(C)c1NC(=S)Nc1ccc(N2CCCCC2)cc1. The lowest BCUT2D eigenvalue weighted by atomic mass is 10.1. The minimum absolute atomic E-state index is 0.623. The zero-order chi connectivity index (χ0) is 16.9. The fourth-order valence-electron chi connectivity index (χ4n) is 3.20. The first kappa shape index (κ1) is 16.8. The summed E-state index contributed by atoms with van der Waals surface area (Å²) in [5.74, 6) is 0. The van der Waals surface area contributed by atoms with E-state index in [4.69, 9.17) is 12.2 Å². The number of hydrogen-bond donors (Lipinski definition) is 2. The molecule has 0 atom stereocenters. The van der Waals surface area contributed by atoms with Crippen molar-refractivity contribution in [3.05, 3.63) is 53.6 Å². The van der Waals surface area contributed by atoms with Gasteiger partial charge in [-0.3, -0.25) is 0 Å². The summed E-state index contributed by atoms with van der Waals surface area (Å²) in [7, 11) is 0. The van der Waals surface area contributed by atoms with Gasteiger partial charge in [-0.2, -0.15) is 0 Å². The number of benzene rings is 2. The van der Waals surface area contributed by atoms with Crippen LogP contribution >= 0.6 is 12.2 Å². The number of aryl methyl sites for hydroxylation is 2. The predicted octanol–water partition coefficient (Wildman–Crippen LogP) is 5.10. The molecule has 1 heterocycles. The normalized spacial score (nSPS) is 14.3. The molecule has 126 valence electrons. The quantitative estimate of drug-likeness (QED) is 0.761. The van der Waals surface area contributed by atoms with Gasteiger partial charge in [0.1, 0.15) is 0 Å². The van der Waals surface area contributed by atoms with E-state index in [0.29, 0.717) is 5.11 Å². The highest BCUT2D eigenvalue weighted by Crippen LogP contribution is 2.23. The van der Waals surface area contributed by atoms with Crippen molar-refractivity contribution in [3.8, 4) is 0 Å². The Labute approximate surface area is 150 Å². The molecule has 2 aromatic carbocycles. The zero-order valence-corrected chi connectivity index (χ0v) is 15.2. The summed E-state index contributed by atoms with van der Waals surface area (Å²) in [5.41, 5.74) is 5.78. The van der Waals surface area contributed by atoms with Gasteiger partial charge in [0.05, 0.1) is 0 Å². The number of nitrogens with one attached hydrogen (secondary N) is 2. The third-order valence-corrected chi connectivity index (χ3v) is 4.77. The van der Waals surface area contributed by atoms with Crippen molar-refractivity contribution in [3.63, 3.8) is 0 Å². The van der Waals surface area contributed by atoms with Gasteiger partial charge >= 0.3 is 0 Å². The summed E-state index contributed by atoms with van der Waals surface area (Å²) in [6, 6.07) is 14.8. The van der Waals surface area contributed by atoms with Crippen LogP contribution in [0.3, 0.4) is 0 Å². The number of hydrogen-bond acceptors (Lipinski definition) is 2. The summed E-state index contributed by atoms with van der Waals surface area (Å²) in [6.45, 7) is 6.51. The molecule has 3 rings (SSSR count). The molecule has 0 amide bonds. The number of thiocarbonyl (C=S) groups is 1. The molecule has 24 heavy (non-hydrogen) atoms. The van der Waals surface area contributed by atoms with Gasteiger partial charge in [0.15, 0.2) is 5.11 Å². The number of para-hydroxylation sites is 1. The van der Waals surface area contributed by atoms with Crippen LogP contribution in [0.2, 0.25) is 0 Å². The second-order valence-corrected chi connectivity index (χ2v) is 6.85. The van der Waals surface area contributed by atoms with Gasteiger partial charge in [-0.1, -0.05) is 18.2 Å². The van der Waals surface area contributed by atoms with E-state index >= 15 is 0 Å². The van der Waals surface area contributed by atoms with Crippen molar-refractivity contribution < 1.29 is 0 Å². The van der Waals surface area contributed by atoms with Crippen LogP contribution in [0.1, 0.15) is 30.4 Å². The predicted molar refractivity (Wildman–Crippen MR) is 108 cm³/mol. The third kappa shape index (κ3) is 4.06. The maximum absolute atomic E-state index is 5.46. The Morgan fingerprint density at radius 1 is 0.875 bits per heavy atom. The third-order valence-electron chi connectivity index (χ3n) is 4.57. The lowest BCUT2D eigenvalue weighted by molar-refractivity contribution is 0.578. The van der Waals surface area contributed by atoms with Gasteiger partial charge in [-0.15, -0.1) is 0 Å². The summed E-state index contributed by atoms with van der Waals surface area (Å²) >= 11 is 5.46. The Morgan fingerprint density at radius 2 is 1.50 bits per heavy atom. The highest BCUT2D eigenvalue weighted by Gasteiger charge is 2.10. The van der Waals surface area contributed by atoms with E-state index in [0.717, 1.165) is 11.4 Å². The molecule has 0 radical (unpaired) electrons. The first-order valence-electron chi connectivity index (χ1n) is 8.63. The number of piperidine rings is 1. The highest BCUT2D eigenvalue weighted by atomic mass is 32.1. The first-order chi connectivity index (χ1) is 11.6. The Morgan fingerprint density at radius 3 is 2.12 bits per heavy atom. The standard InChI is InChI=1S/C20H25N3S/c1-15-7-6-8-16(2)19(15)22-20(24)21-17-9-11-18(12-10-17)23-13-4-3-5-14-23/h6-12H,3-5,13-14H2,1-2H3,(H2,21,22,24). The van der Waals surface area contributed by atoms with Crippen LogP contribution in [0.25, 0.3) is 0 Å². The fraction of sp³-hybridized carbons (Fsp3) is 0.350. The minimum atomic E-state index is 0.623. The van der Waals surface area contributed by atoms with Crippen molar-refractivity contribution in [2.24, 2.45) is 0 Å². The van der Waals surface area contributed by atoms with Crippen molar-refractivity contribution in [2.45, 2.75) is 33.1 Å². The van der Waals surface area contributed by atoms with Crippen LogP contribution in [0, 0.1) is 13.8 Å². The smallest absolute Gasteiger partial charge is 0.175 e. The Bertz CT molecular complexity index is 683. The van der Waals surface area contributed by atoms with Crippen molar-refractivity contribution >= 4 is 34.4 Å². The lowest BCUT2D eigenvalue weighted by Crippen LogP contribution is -2.29. The minimum Gasteiger partial charge on any atom is -0.372 e. The van der Waals surface area contributed by atoms with Crippen LogP contribution < -0.4 is 15.5 Å². The average molecular weight is 340 g/mol. The molecule has 3 nitrogen and oxygen atoms in total. The number of anilines is 3. The summed E-state index contributed by atoms with van der Waals surface area (Å²) < 4.78 is 0. The van der Waals surface area contributed by atoms with Crippen LogP contribution in [-0.4, -0.2) is 18.2 Å². The van der Waals surface area contributed by atoms with E-state index in [9.17, 15) is 0 Å². The van der Waals surface area contributed by atoms with Crippen LogP contribution in [0.15, 0.2) is 42.5 Å². The maximum Gasteiger partial charge on any atom is 0.175 e. The largest absolute Gasteiger partial charge is 0.372 e. The Hall–Kier alpha value is -2.07. The molecule has 4 heteroatoms. The number of nitrogens with zero attached hydrogens (tertiary/aromatic N) is 1. The van der Waals surface area contributed by atoms with Gasteiger partial charge < -0.3 is 15.5 Å². The van der Waals surface area contributed by atoms with E-state index in [1.54, 1.807) is 0 Å². The van der Waals surface area contributed by atoms with Crippen molar-refractivity contribution in [1.82, 2.24) is 0 Å². The second kappa shape index (κ2) is 7.67. The van der Waals surface area contributed by atoms with Crippen molar-refractivity contribution in [2.75, 3.05) is 28.6 Å². The fourth-order valence-corrected chi connectivity index (χ4v) is 3.42. The van der Waals surface area contributed by atoms with Crippen LogP contribution in [0.5, 0.6) is 0 Å². The molecule has 2 aromatic rings. The van der Waals surface area contributed by atoms with Gasteiger partial charge in [0.25, 0.3) is 0 Å². The molecule has 1 saturated heterocycles.